The highest BCUT2D eigenvalue weighted by Gasteiger charge is 2.20. The molecule has 4 nitrogen and oxygen atoms in total. The molecule has 0 spiro atoms. The first kappa shape index (κ1) is 13.1. The first-order valence-corrected chi connectivity index (χ1v) is 5.96. The van der Waals surface area contributed by atoms with Gasteiger partial charge in [-0.1, -0.05) is 30.3 Å². The van der Waals surface area contributed by atoms with Gasteiger partial charge in [-0.3, -0.25) is 9.78 Å². The van der Waals surface area contributed by atoms with Gasteiger partial charge in [0.05, 0.1) is 19.2 Å². The molecular formula is C15H15NO3. The Labute approximate surface area is 111 Å². The zero-order chi connectivity index (χ0) is 13.7. The molecule has 0 bridgehead atoms. The maximum atomic E-state index is 11.4. The van der Waals surface area contributed by atoms with E-state index in [1.165, 1.54) is 0 Å². The largest absolute Gasteiger partial charge is 0.495 e. The van der Waals surface area contributed by atoms with Gasteiger partial charge in [-0.05, 0) is 23.6 Å². The summed E-state index contributed by atoms with van der Waals surface area (Å²) in [6.45, 7) is 0. The minimum atomic E-state index is -0.839. The van der Waals surface area contributed by atoms with Crippen molar-refractivity contribution in [3.8, 4) is 5.75 Å². The van der Waals surface area contributed by atoms with Gasteiger partial charge in [0, 0.05) is 6.20 Å². The minimum Gasteiger partial charge on any atom is -0.495 e. The predicted molar refractivity (Wildman–Crippen MR) is 71.3 cm³/mol. The Bertz CT molecular complexity index is 554. The molecule has 98 valence electrons. The molecule has 0 amide bonds. The molecule has 1 unspecified atom stereocenters. The fourth-order valence-electron chi connectivity index (χ4n) is 1.96. The van der Waals surface area contributed by atoms with Crippen LogP contribution in [0.25, 0.3) is 0 Å². The first-order valence-electron chi connectivity index (χ1n) is 5.96. The molecule has 0 aliphatic carbocycles. The molecule has 0 aliphatic heterocycles. The van der Waals surface area contributed by atoms with Crippen LogP contribution in [0.3, 0.4) is 0 Å². The number of nitrogens with zero attached hydrogens (tertiary/aromatic N) is 1. The molecule has 1 atom stereocenters. The molecule has 19 heavy (non-hydrogen) atoms. The van der Waals surface area contributed by atoms with Gasteiger partial charge in [-0.15, -0.1) is 0 Å². The summed E-state index contributed by atoms with van der Waals surface area (Å²) in [5, 5.41) is 9.36. The molecule has 0 saturated heterocycles. The Hall–Kier alpha value is -2.36. The molecule has 0 radical (unpaired) electrons. The Morgan fingerprint density at radius 1 is 1.32 bits per heavy atom. The fourth-order valence-corrected chi connectivity index (χ4v) is 1.96. The average Bonchev–Trinajstić information content (AvgIpc) is 2.45. The van der Waals surface area contributed by atoms with E-state index >= 15 is 0 Å². The lowest BCUT2D eigenvalue weighted by atomic mass is 9.93. The normalized spacial score (nSPS) is 11.8. The van der Waals surface area contributed by atoms with E-state index in [9.17, 15) is 9.90 Å². The third-order valence-electron chi connectivity index (χ3n) is 2.95. The number of pyridine rings is 1. The summed E-state index contributed by atoms with van der Waals surface area (Å²) in [7, 11) is 1.56. The smallest absolute Gasteiger partial charge is 0.311 e. The van der Waals surface area contributed by atoms with Crippen LogP contribution in [0.4, 0.5) is 0 Å². The van der Waals surface area contributed by atoms with Crippen LogP contribution < -0.4 is 4.74 Å². The van der Waals surface area contributed by atoms with Crippen molar-refractivity contribution in [1.29, 1.82) is 0 Å². The number of carboxylic acids is 1. The van der Waals surface area contributed by atoms with E-state index in [0.717, 1.165) is 11.1 Å². The number of aliphatic carboxylic acids is 1. The summed E-state index contributed by atoms with van der Waals surface area (Å²) in [4.78, 5) is 15.5. The molecule has 1 N–H and O–H groups in total. The second-order valence-corrected chi connectivity index (χ2v) is 4.24. The van der Waals surface area contributed by atoms with Crippen LogP contribution in [0.5, 0.6) is 5.75 Å². The van der Waals surface area contributed by atoms with Crippen molar-refractivity contribution in [2.24, 2.45) is 0 Å². The second-order valence-electron chi connectivity index (χ2n) is 4.24. The van der Waals surface area contributed by atoms with Gasteiger partial charge < -0.3 is 9.84 Å². The van der Waals surface area contributed by atoms with Gasteiger partial charge >= 0.3 is 5.97 Å². The molecule has 0 aliphatic rings. The van der Waals surface area contributed by atoms with Crippen LogP contribution in [0, 0.1) is 0 Å². The number of aromatic nitrogens is 1. The summed E-state index contributed by atoms with van der Waals surface area (Å²) >= 11 is 0. The molecule has 1 aromatic heterocycles. The van der Waals surface area contributed by atoms with Crippen LogP contribution in [0.15, 0.2) is 48.8 Å². The Balaban J connectivity index is 2.24. The number of rotatable bonds is 5. The molecule has 4 heteroatoms. The SMILES string of the molecule is COc1cncc(CC(C(=O)O)c2ccccc2)c1. The third-order valence-corrected chi connectivity index (χ3v) is 2.95. The zero-order valence-corrected chi connectivity index (χ0v) is 10.6. The van der Waals surface area contributed by atoms with Crippen LogP contribution in [0.1, 0.15) is 17.0 Å². The Kier molecular flexibility index (Phi) is 4.13. The molecule has 1 aromatic carbocycles. The number of carboxylic acid groups (broad SMARTS) is 1. The molecule has 0 saturated carbocycles. The van der Waals surface area contributed by atoms with Crippen molar-refractivity contribution in [2.75, 3.05) is 7.11 Å². The van der Waals surface area contributed by atoms with Crippen LogP contribution in [0.2, 0.25) is 0 Å². The van der Waals surface area contributed by atoms with Crippen molar-refractivity contribution < 1.29 is 14.6 Å². The molecule has 2 aromatic rings. The standard InChI is InChI=1S/C15H15NO3/c1-19-13-7-11(9-16-10-13)8-14(15(17)18)12-5-3-2-4-6-12/h2-7,9-10,14H,8H2,1H3,(H,17,18). The van der Waals surface area contributed by atoms with Crippen molar-refractivity contribution in [2.45, 2.75) is 12.3 Å². The van der Waals surface area contributed by atoms with E-state index in [1.807, 2.05) is 36.4 Å². The predicted octanol–water partition coefficient (Wildman–Crippen LogP) is 2.50. The van der Waals surface area contributed by atoms with E-state index in [1.54, 1.807) is 19.5 Å². The zero-order valence-electron chi connectivity index (χ0n) is 10.6. The van der Waals surface area contributed by atoms with Crippen molar-refractivity contribution in [1.82, 2.24) is 4.98 Å². The summed E-state index contributed by atoms with van der Waals surface area (Å²) in [6, 6.07) is 11.0. The van der Waals surface area contributed by atoms with Gasteiger partial charge in [-0.25, -0.2) is 0 Å². The lowest BCUT2D eigenvalue weighted by Crippen LogP contribution is -2.14. The average molecular weight is 257 g/mol. The number of benzene rings is 1. The quantitative estimate of drug-likeness (QED) is 0.894. The first-order chi connectivity index (χ1) is 9.20. The lowest BCUT2D eigenvalue weighted by Gasteiger charge is -2.13. The number of carbonyl (C=O) groups is 1. The van der Waals surface area contributed by atoms with Crippen LogP contribution in [-0.4, -0.2) is 23.2 Å². The topological polar surface area (TPSA) is 59.4 Å². The lowest BCUT2D eigenvalue weighted by molar-refractivity contribution is -0.138. The van der Waals surface area contributed by atoms with Crippen molar-refractivity contribution >= 4 is 5.97 Å². The van der Waals surface area contributed by atoms with Crippen molar-refractivity contribution in [3.05, 3.63) is 59.9 Å². The monoisotopic (exact) mass is 257 g/mol. The summed E-state index contributed by atoms with van der Waals surface area (Å²) in [6.07, 6.45) is 3.66. The third kappa shape index (κ3) is 3.31. The van der Waals surface area contributed by atoms with Gasteiger partial charge in [0.1, 0.15) is 5.75 Å². The summed E-state index contributed by atoms with van der Waals surface area (Å²) in [5.41, 5.74) is 1.63. The second kappa shape index (κ2) is 6.00. The number of hydrogen-bond acceptors (Lipinski definition) is 3. The van der Waals surface area contributed by atoms with E-state index < -0.39 is 11.9 Å². The summed E-state index contributed by atoms with van der Waals surface area (Å²) < 4.78 is 5.09. The van der Waals surface area contributed by atoms with E-state index in [4.69, 9.17) is 4.74 Å². The molecule has 0 fully saturated rings. The number of ether oxygens (including phenoxy) is 1. The van der Waals surface area contributed by atoms with E-state index in [-0.39, 0.29) is 0 Å². The van der Waals surface area contributed by atoms with Crippen LogP contribution in [-0.2, 0) is 11.2 Å². The van der Waals surface area contributed by atoms with Gasteiger partial charge in [0.25, 0.3) is 0 Å². The van der Waals surface area contributed by atoms with Crippen LogP contribution >= 0.6 is 0 Å². The fraction of sp³-hybridized carbons (Fsp3) is 0.200. The van der Waals surface area contributed by atoms with Gasteiger partial charge in [0.15, 0.2) is 0 Å². The maximum absolute atomic E-state index is 11.4. The Morgan fingerprint density at radius 3 is 2.68 bits per heavy atom. The highest BCUT2D eigenvalue weighted by atomic mass is 16.5. The van der Waals surface area contributed by atoms with E-state index in [2.05, 4.69) is 4.98 Å². The summed E-state index contributed by atoms with van der Waals surface area (Å²) in [5.74, 6) is -0.779. The molecular weight excluding hydrogens is 242 g/mol. The number of methoxy groups -OCH3 is 1. The maximum Gasteiger partial charge on any atom is 0.311 e. The highest BCUT2D eigenvalue weighted by Crippen LogP contribution is 2.22. The van der Waals surface area contributed by atoms with Gasteiger partial charge in [-0.2, -0.15) is 0 Å². The number of hydrogen-bond donors (Lipinski definition) is 1. The Morgan fingerprint density at radius 2 is 2.05 bits per heavy atom. The minimum absolute atomic E-state index is 0.392. The molecule has 2 rings (SSSR count). The highest BCUT2D eigenvalue weighted by molar-refractivity contribution is 5.76. The molecule has 1 heterocycles. The van der Waals surface area contributed by atoms with Gasteiger partial charge in [0.2, 0.25) is 0 Å². The van der Waals surface area contributed by atoms with E-state index in [0.29, 0.717) is 12.2 Å². The van der Waals surface area contributed by atoms with Crippen molar-refractivity contribution in [3.63, 3.8) is 0 Å².